The summed E-state index contributed by atoms with van der Waals surface area (Å²) in [5, 5.41) is 3.32. The van der Waals surface area contributed by atoms with Crippen molar-refractivity contribution < 1.29 is 14.3 Å². The van der Waals surface area contributed by atoms with Crippen LogP contribution in [0.5, 0.6) is 11.5 Å². The second kappa shape index (κ2) is 10.5. The van der Waals surface area contributed by atoms with Gasteiger partial charge in [0.2, 0.25) is 0 Å². The maximum absolute atomic E-state index is 12.2. The monoisotopic (exact) mass is 470 g/mol. The summed E-state index contributed by atoms with van der Waals surface area (Å²) in [7, 11) is 0. The van der Waals surface area contributed by atoms with Crippen molar-refractivity contribution in [1.29, 1.82) is 0 Å². The number of benzene rings is 3. The van der Waals surface area contributed by atoms with Gasteiger partial charge in [-0.3, -0.25) is 4.79 Å². The Morgan fingerprint density at radius 1 is 1.03 bits per heavy atom. The maximum atomic E-state index is 12.2. The number of thioether (sulfide) groups is 1. The van der Waals surface area contributed by atoms with Crippen LogP contribution in [0.4, 0.5) is 5.69 Å². The molecule has 0 fully saturated rings. The Morgan fingerprint density at radius 3 is 2.68 bits per heavy atom. The third kappa shape index (κ3) is 6.13. The molecule has 31 heavy (non-hydrogen) atoms. The Bertz CT molecular complexity index is 1170. The van der Waals surface area contributed by atoms with Crippen molar-refractivity contribution in [2.24, 2.45) is 0 Å². The van der Waals surface area contributed by atoms with Crippen molar-refractivity contribution in [3.05, 3.63) is 77.8 Å². The van der Waals surface area contributed by atoms with Crippen LogP contribution in [0.1, 0.15) is 0 Å². The maximum Gasteiger partial charge on any atom is 0.262 e. The van der Waals surface area contributed by atoms with Crippen LogP contribution in [0.2, 0.25) is 5.02 Å². The Kier molecular flexibility index (Phi) is 7.30. The highest BCUT2D eigenvalue weighted by Gasteiger charge is 2.09. The van der Waals surface area contributed by atoms with Crippen LogP contribution < -0.4 is 14.8 Å². The largest absolute Gasteiger partial charge is 0.493 e. The van der Waals surface area contributed by atoms with Crippen molar-refractivity contribution in [2.75, 3.05) is 24.3 Å². The summed E-state index contributed by atoms with van der Waals surface area (Å²) in [6, 6.07) is 22.5. The number of hydrogen-bond donors (Lipinski definition) is 1. The molecule has 0 atom stereocenters. The van der Waals surface area contributed by atoms with Gasteiger partial charge in [0, 0.05) is 11.4 Å². The number of hydrogen-bond acceptors (Lipinski definition) is 6. The number of aromatic nitrogens is 1. The van der Waals surface area contributed by atoms with Crippen LogP contribution in [0.3, 0.4) is 0 Å². The van der Waals surface area contributed by atoms with E-state index in [0.717, 1.165) is 26.1 Å². The van der Waals surface area contributed by atoms with Gasteiger partial charge in [-0.1, -0.05) is 53.7 Å². The predicted molar refractivity (Wildman–Crippen MR) is 128 cm³/mol. The Balaban J connectivity index is 1.28. The first-order chi connectivity index (χ1) is 15.2. The minimum absolute atomic E-state index is 0.118. The van der Waals surface area contributed by atoms with E-state index in [1.807, 2.05) is 54.6 Å². The summed E-state index contributed by atoms with van der Waals surface area (Å²) in [6.07, 6.45) is 0. The average molecular weight is 471 g/mol. The Hall–Kier alpha value is -2.74. The first-order valence-corrected chi connectivity index (χ1v) is 11.7. The molecule has 0 saturated heterocycles. The minimum Gasteiger partial charge on any atom is -0.493 e. The zero-order valence-electron chi connectivity index (χ0n) is 16.4. The van der Waals surface area contributed by atoms with Crippen LogP contribution in [0, 0.1) is 0 Å². The highest BCUT2D eigenvalue weighted by atomic mass is 35.5. The summed E-state index contributed by atoms with van der Waals surface area (Å²) in [5.41, 5.74) is 1.61. The molecule has 0 bridgehead atoms. The number of thiazole rings is 1. The lowest BCUT2D eigenvalue weighted by Crippen LogP contribution is -2.20. The highest BCUT2D eigenvalue weighted by Crippen LogP contribution is 2.31. The predicted octanol–water partition coefficient (Wildman–Crippen LogP) is 6.14. The fourth-order valence-electron chi connectivity index (χ4n) is 2.75. The van der Waals surface area contributed by atoms with Crippen molar-refractivity contribution in [1.82, 2.24) is 4.98 Å². The quantitative estimate of drug-likeness (QED) is 0.235. The number of para-hydroxylation sites is 2. The standard InChI is InChI=1S/C23H19ClN2O3S2/c24-18-8-4-5-9-20(18)29-15-22(27)25-16-10-11-19-21(14-16)31-23(26-19)30-13-12-28-17-6-2-1-3-7-17/h1-11,14H,12-13,15H2,(H,25,27). The van der Waals surface area contributed by atoms with Gasteiger partial charge < -0.3 is 14.8 Å². The SMILES string of the molecule is O=C(COc1ccccc1Cl)Nc1ccc2nc(SCCOc3ccccc3)sc2c1. The molecule has 1 amide bonds. The van der Waals surface area contributed by atoms with Crippen LogP contribution in [0.25, 0.3) is 10.2 Å². The molecule has 4 aromatic rings. The molecule has 5 nitrogen and oxygen atoms in total. The molecular weight excluding hydrogens is 452 g/mol. The second-order valence-electron chi connectivity index (χ2n) is 6.44. The van der Waals surface area contributed by atoms with E-state index in [4.69, 9.17) is 21.1 Å². The molecule has 3 aromatic carbocycles. The van der Waals surface area contributed by atoms with Crippen molar-refractivity contribution in [3.63, 3.8) is 0 Å². The zero-order chi connectivity index (χ0) is 21.5. The van der Waals surface area contributed by atoms with E-state index in [-0.39, 0.29) is 12.5 Å². The van der Waals surface area contributed by atoms with Gasteiger partial charge in [-0.15, -0.1) is 11.3 Å². The van der Waals surface area contributed by atoms with Crippen LogP contribution in [0.15, 0.2) is 77.1 Å². The number of rotatable bonds is 9. The number of anilines is 1. The Morgan fingerprint density at radius 2 is 1.84 bits per heavy atom. The van der Waals surface area contributed by atoms with Crippen LogP contribution in [-0.4, -0.2) is 29.9 Å². The van der Waals surface area contributed by atoms with Crippen molar-refractivity contribution in [2.45, 2.75) is 4.34 Å². The number of fused-ring (bicyclic) bond motifs is 1. The lowest BCUT2D eigenvalue weighted by atomic mass is 10.3. The summed E-state index contributed by atoms with van der Waals surface area (Å²) < 4.78 is 13.2. The number of amides is 1. The fraction of sp³-hybridized carbons (Fsp3) is 0.130. The molecule has 0 aliphatic carbocycles. The van der Waals surface area contributed by atoms with Gasteiger partial charge in [-0.25, -0.2) is 4.98 Å². The third-order valence-electron chi connectivity index (χ3n) is 4.17. The lowest BCUT2D eigenvalue weighted by molar-refractivity contribution is -0.118. The van der Waals surface area contributed by atoms with E-state index < -0.39 is 0 Å². The summed E-state index contributed by atoms with van der Waals surface area (Å²) in [5.74, 6) is 1.90. The smallest absolute Gasteiger partial charge is 0.262 e. The molecule has 1 aromatic heterocycles. The Labute approximate surface area is 193 Å². The molecule has 158 valence electrons. The van der Waals surface area contributed by atoms with Gasteiger partial charge in [0.25, 0.3) is 5.91 Å². The van der Waals surface area contributed by atoms with Crippen LogP contribution >= 0.6 is 34.7 Å². The summed E-state index contributed by atoms with van der Waals surface area (Å²) >= 11 is 9.29. The highest BCUT2D eigenvalue weighted by molar-refractivity contribution is 8.01. The normalized spacial score (nSPS) is 10.7. The molecule has 0 saturated carbocycles. The number of nitrogens with zero attached hydrogens (tertiary/aromatic N) is 1. The summed E-state index contributed by atoms with van der Waals surface area (Å²) in [4.78, 5) is 16.9. The molecule has 4 rings (SSSR count). The average Bonchev–Trinajstić information content (AvgIpc) is 3.19. The number of ether oxygens (including phenoxy) is 2. The van der Waals surface area contributed by atoms with Gasteiger partial charge >= 0.3 is 0 Å². The summed E-state index contributed by atoms with van der Waals surface area (Å²) in [6.45, 7) is 0.490. The van der Waals surface area contributed by atoms with Crippen LogP contribution in [-0.2, 0) is 4.79 Å². The molecule has 0 unspecified atom stereocenters. The van der Waals surface area contributed by atoms with Crippen molar-refractivity contribution >= 4 is 56.5 Å². The van der Waals surface area contributed by atoms with E-state index in [1.165, 1.54) is 0 Å². The van der Waals surface area contributed by atoms with Gasteiger partial charge in [-0.2, -0.15) is 0 Å². The number of halogens is 1. The molecule has 1 heterocycles. The first kappa shape index (κ1) is 21.5. The fourth-order valence-corrected chi connectivity index (χ4v) is 4.94. The topological polar surface area (TPSA) is 60.5 Å². The van der Waals surface area contributed by atoms with E-state index in [1.54, 1.807) is 41.3 Å². The van der Waals surface area contributed by atoms with E-state index in [9.17, 15) is 4.79 Å². The number of carbonyl (C=O) groups excluding carboxylic acids is 1. The molecule has 0 aliphatic heterocycles. The van der Waals surface area contributed by atoms with Gasteiger partial charge in [0.05, 0.1) is 21.8 Å². The minimum atomic E-state index is -0.253. The lowest BCUT2D eigenvalue weighted by Gasteiger charge is -2.08. The van der Waals surface area contributed by atoms with Gasteiger partial charge in [0.15, 0.2) is 10.9 Å². The number of carbonyl (C=O) groups is 1. The molecule has 1 N–H and O–H groups in total. The van der Waals surface area contributed by atoms with E-state index in [0.29, 0.717) is 23.1 Å². The third-order valence-corrected chi connectivity index (χ3v) is 6.61. The molecule has 0 radical (unpaired) electrons. The van der Waals surface area contributed by atoms with Gasteiger partial charge in [0.1, 0.15) is 11.5 Å². The van der Waals surface area contributed by atoms with E-state index in [2.05, 4.69) is 10.3 Å². The molecular formula is C23H19ClN2O3S2. The molecule has 0 spiro atoms. The zero-order valence-corrected chi connectivity index (χ0v) is 18.8. The number of nitrogens with one attached hydrogen (secondary N) is 1. The molecule has 8 heteroatoms. The van der Waals surface area contributed by atoms with Crippen molar-refractivity contribution in [3.8, 4) is 11.5 Å². The first-order valence-electron chi connectivity index (χ1n) is 9.56. The second-order valence-corrected chi connectivity index (χ2v) is 9.22. The van der Waals surface area contributed by atoms with E-state index >= 15 is 0 Å². The van der Waals surface area contributed by atoms with Gasteiger partial charge in [-0.05, 0) is 42.5 Å². The molecule has 0 aliphatic rings.